The summed E-state index contributed by atoms with van der Waals surface area (Å²) < 4.78 is 6.73. The third kappa shape index (κ3) is 3.80. The summed E-state index contributed by atoms with van der Waals surface area (Å²) >= 11 is 7.25. The van der Waals surface area contributed by atoms with Crippen LogP contribution in [-0.4, -0.2) is 12.7 Å². The lowest BCUT2D eigenvalue weighted by Gasteiger charge is -2.36. The molecule has 94 valence electrons. The van der Waals surface area contributed by atoms with Gasteiger partial charge < -0.3 is 4.74 Å². The van der Waals surface area contributed by atoms with Crippen LogP contribution in [0.1, 0.15) is 36.6 Å². The molecule has 1 atom stereocenters. The molecule has 1 fully saturated rings. The molecule has 0 aromatic heterocycles. The standard InChI is InChI=1S/C14H18Br2O/c1-2-17-13-7-10(8-13)9-14(16)11-3-5-12(15)6-4-11/h3-6,10,13-14H,2,7-9H2,1H3. The van der Waals surface area contributed by atoms with E-state index >= 15 is 0 Å². The predicted molar refractivity (Wildman–Crippen MR) is 78.6 cm³/mol. The molecule has 1 unspecified atom stereocenters. The van der Waals surface area contributed by atoms with Crippen molar-refractivity contribution in [1.29, 1.82) is 0 Å². The van der Waals surface area contributed by atoms with Crippen molar-refractivity contribution in [3.63, 3.8) is 0 Å². The Morgan fingerprint density at radius 2 is 1.94 bits per heavy atom. The second-order valence-electron chi connectivity index (χ2n) is 4.67. The van der Waals surface area contributed by atoms with Gasteiger partial charge in [0.1, 0.15) is 0 Å². The number of halogens is 2. The number of ether oxygens (including phenoxy) is 1. The number of rotatable bonds is 5. The van der Waals surface area contributed by atoms with Crippen LogP contribution >= 0.6 is 31.9 Å². The molecular weight excluding hydrogens is 344 g/mol. The molecule has 2 rings (SSSR count). The van der Waals surface area contributed by atoms with Crippen molar-refractivity contribution in [2.24, 2.45) is 5.92 Å². The maximum atomic E-state index is 5.59. The normalized spacial score (nSPS) is 25.4. The first-order chi connectivity index (χ1) is 8.19. The molecule has 0 amide bonds. The molecular formula is C14H18Br2O. The van der Waals surface area contributed by atoms with Crippen LogP contribution in [0, 0.1) is 5.92 Å². The zero-order valence-corrected chi connectivity index (χ0v) is 13.2. The molecule has 0 saturated heterocycles. The number of hydrogen-bond acceptors (Lipinski definition) is 1. The van der Waals surface area contributed by atoms with Crippen LogP contribution < -0.4 is 0 Å². The van der Waals surface area contributed by atoms with E-state index in [0.717, 1.165) is 17.0 Å². The van der Waals surface area contributed by atoms with Gasteiger partial charge in [-0.2, -0.15) is 0 Å². The Morgan fingerprint density at radius 3 is 2.53 bits per heavy atom. The largest absolute Gasteiger partial charge is 0.378 e. The van der Waals surface area contributed by atoms with E-state index in [-0.39, 0.29) is 0 Å². The molecule has 1 aliphatic carbocycles. The maximum Gasteiger partial charge on any atom is 0.0580 e. The molecule has 0 spiro atoms. The van der Waals surface area contributed by atoms with Gasteiger partial charge in [-0.05, 0) is 49.8 Å². The van der Waals surface area contributed by atoms with Crippen LogP contribution in [0.4, 0.5) is 0 Å². The number of alkyl halides is 1. The highest BCUT2D eigenvalue weighted by molar-refractivity contribution is 9.10. The topological polar surface area (TPSA) is 9.23 Å². The van der Waals surface area contributed by atoms with Crippen LogP contribution in [0.3, 0.4) is 0 Å². The van der Waals surface area contributed by atoms with Crippen molar-refractivity contribution in [2.75, 3.05) is 6.61 Å². The maximum absolute atomic E-state index is 5.59. The van der Waals surface area contributed by atoms with Crippen molar-refractivity contribution >= 4 is 31.9 Å². The van der Waals surface area contributed by atoms with Gasteiger partial charge in [0.25, 0.3) is 0 Å². The smallest absolute Gasteiger partial charge is 0.0580 e. The van der Waals surface area contributed by atoms with Gasteiger partial charge in [0, 0.05) is 15.9 Å². The fraction of sp³-hybridized carbons (Fsp3) is 0.571. The fourth-order valence-electron chi connectivity index (χ4n) is 2.34. The van der Waals surface area contributed by atoms with E-state index in [1.54, 1.807) is 0 Å². The van der Waals surface area contributed by atoms with E-state index < -0.39 is 0 Å². The molecule has 0 bridgehead atoms. The Bertz CT molecular complexity index is 344. The molecule has 1 nitrogen and oxygen atoms in total. The first-order valence-corrected chi connectivity index (χ1v) is 7.91. The first kappa shape index (κ1) is 13.6. The van der Waals surface area contributed by atoms with Gasteiger partial charge in [0.05, 0.1) is 6.10 Å². The Balaban J connectivity index is 1.78. The average molecular weight is 362 g/mol. The molecule has 0 heterocycles. The number of hydrogen-bond donors (Lipinski definition) is 0. The quantitative estimate of drug-likeness (QED) is 0.663. The van der Waals surface area contributed by atoms with Crippen molar-refractivity contribution in [1.82, 2.24) is 0 Å². The molecule has 0 radical (unpaired) electrons. The highest BCUT2D eigenvalue weighted by Gasteiger charge is 2.31. The second kappa shape index (κ2) is 6.35. The van der Waals surface area contributed by atoms with E-state index in [9.17, 15) is 0 Å². The Kier molecular flexibility index (Phi) is 5.07. The van der Waals surface area contributed by atoms with Crippen LogP contribution in [0.25, 0.3) is 0 Å². The van der Waals surface area contributed by atoms with Crippen LogP contribution in [0.15, 0.2) is 28.7 Å². The molecule has 1 aliphatic rings. The number of benzene rings is 1. The van der Waals surface area contributed by atoms with Gasteiger partial charge >= 0.3 is 0 Å². The third-order valence-corrected chi connectivity index (χ3v) is 4.80. The monoisotopic (exact) mass is 360 g/mol. The lowest BCUT2D eigenvalue weighted by atomic mass is 9.78. The summed E-state index contributed by atoms with van der Waals surface area (Å²) in [6.45, 7) is 2.92. The SMILES string of the molecule is CCOC1CC(CC(Br)c2ccc(Br)cc2)C1. The van der Waals surface area contributed by atoms with Crippen LogP contribution in [0.5, 0.6) is 0 Å². The molecule has 0 N–H and O–H groups in total. The van der Waals surface area contributed by atoms with Gasteiger partial charge in [0.15, 0.2) is 0 Å². The van der Waals surface area contributed by atoms with E-state index in [2.05, 4.69) is 63.0 Å². The predicted octanol–water partition coefficient (Wildman–Crippen LogP) is 5.09. The van der Waals surface area contributed by atoms with Gasteiger partial charge in [-0.3, -0.25) is 0 Å². The summed E-state index contributed by atoms with van der Waals surface area (Å²) in [4.78, 5) is 0.475. The highest BCUT2D eigenvalue weighted by atomic mass is 79.9. The van der Waals surface area contributed by atoms with E-state index in [0.29, 0.717) is 10.9 Å². The van der Waals surface area contributed by atoms with Gasteiger partial charge in [-0.15, -0.1) is 0 Å². The molecule has 17 heavy (non-hydrogen) atoms. The minimum atomic E-state index is 0.475. The van der Waals surface area contributed by atoms with Gasteiger partial charge in [-0.25, -0.2) is 0 Å². The summed E-state index contributed by atoms with van der Waals surface area (Å²) in [5.41, 5.74) is 1.37. The Labute approximate surface area is 120 Å². The second-order valence-corrected chi connectivity index (χ2v) is 6.69. The average Bonchev–Trinajstić information content (AvgIpc) is 2.27. The zero-order chi connectivity index (χ0) is 12.3. The summed E-state index contributed by atoms with van der Waals surface area (Å²) in [5, 5.41) is 0. The molecule has 1 saturated carbocycles. The highest BCUT2D eigenvalue weighted by Crippen LogP contribution is 2.40. The molecule has 1 aromatic carbocycles. The van der Waals surface area contributed by atoms with Crippen LogP contribution in [-0.2, 0) is 4.74 Å². The van der Waals surface area contributed by atoms with Crippen molar-refractivity contribution in [3.8, 4) is 0 Å². The van der Waals surface area contributed by atoms with E-state index in [1.165, 1.54) is 24.8 Å². The van der Waals surface area contributed by atoms with E-state index in [4.69, 9.17) is 4.74 Å². The molecule has 3 heteroatoms. The summed E-state index contributed by atoms with van der Waals surface area (Å²) in [6, 6.07) is 8.57. The fourth-order valence-corrected chi connectivity index (χ4v) is 3.44. The van der Waals surface area contributed by atoms with Crippen molar-refractivity contribution in [2.45, 2.75) is 37.1 Å². The Hall–Kier alpha value is 0.140. The van der Waals surface area contributed by atoms with Gasteiger partial charge in [0.2, 0.25) is 0 Å². The molecule has 1 aromatic rings. The minimum absolute atomic E-state index is 0.475. The van der Waals surface area contributed by atoms with Crippen molar-refractivity contribution < 1.29 is 4.74 Å². The summed E-state index contributed by atoms with van der Waals surface area (Å²) in [7, 11) is 0. The lowest BCUT2D eigenvalue weighted by molar-refractivity contribution is -0.0264. The van der Waals surface area contributed by atoms with E-state index in [1.807, 2.05) is 0 Å². The van der Waals surface area contributed by atoms with Crippen molar-refractivity contribution in [3.05, 3.63) is 34.3 Å². The zero-order valence-electron chi connectivity index (χ0n) is 10.0. The third-order valence-electron chi connectivity index (χ3n) is 3.37. The van der Waals surface area contributed by atoms with Crippen LogP contribution in [0.2, 0.25) is 0 Å². The first-order valence-electron chi connectivity index (χ1n) is 6.20. The van der Waals surface area contributed by atoms with Gasteiger partial charge in [-0.1, -0.05) is 44.0 Å². The minimum Gasteiger partial charge on any atom is -0.378 e. The lowest BCUT2D eigenvalue weighted by Crippen LogP contribution is -2.31. The summed E-state index contributed by atoms with van der Waals surface area (Å²) in [6.07, 6.45) is 4.19. The molecule has 0 aliphatic heterocycles. The Morgan fingerprint density at radius 1 is 1.29 bits per heavy atom. The summed E-state index contributed by atoms with van der Waals surface area (Å²) in [5.74, 6) is 0.819.